The summed E-state index contributed by atoms with van der Waals surface area (Å²) in [5.41, 5.74) is 8.88. The molecule has 0 bridgehead atoms. The molecule has 0 spiro atoms. The Morgan fingerprint density at radius 1 is 1.21 bits per heavy atom. The van der Waals surface area contributed by atoms with E-state index in [1.807, 2.05) is 43.7 Å². The quantitative estimate of drug-likeness (QED) is 0.212. The Kier molecular flexibility index (Phi) is 11.9. The van der Waals surface area contributed by atoms with Crippen molar-refractivity contribution in [1.29, 1.82) is 0 Å². The topological polar surface area (TPSA) is 112 Å². The first-order chi connectivity index (χ1) is 16.3. The van der Waals surface area contributed by atoms with Gasteiger partial charge in [-0.2, -0.15) is 0 Å². The number of anilines is 1. The molecule has 1 atom stereocenters. The summed E-state index contributed by atoms with van der Waals surface area (Å²) in [7, 11) is 1.93. The van der Waals surface area contributed by atoms with Crippen LogP contribution in [0, 0.1) is 0 Å². The fourth-order valence-electron chi connectivity index (χ4n) is 3.43. The first kappa shape index (κ1) is 28.2. The number of esters is 1. The number of ether oxygens (including phenoxy) is 2. The van der Waals surface area contributed by atoms with E-state index in [1.165, 1.54) is 0 Å². The molecule has 0 aliphatic carbocycles. The van der Waals surface area contributed by atoms with Gasteiger partial charge in [0, 0.05) is 44.0 Å². The molecule has 1 amide bonds. The molecular weight excluding hydrogens is 481 g/mol. The number of amides is 1. The van der Waals surface area contributed by atoms with Gasteiger partial charge in [-0.15, -0.1) is 23.2 Å². The van der Waals surface area contributed by atoms with Crippen LogP contribution in [-0.4, -0.2) is 78.2 Å². The fraction of sp³-hybridized carbons (Fsp3) is 0.609. The molecule has 190 valence electrons. The standard InChI is InChI=1S/C23H35Cl2N5O4/c1-16(2)33-12-13-34-22(31)15-27-23(32)18(26)5-7-21-28-19-14-17(4-6-20(19)29(21)3)30(10-8-24)11-9-25/h4,6,14,16,18H,5,7-13,15,26H2,1-3H3,(H,27,32)/t18-/m0/s1. The summed E-state index contributed by atoms with van der Waals surface area (Å²) < 4.78 is 12.3. The number of aromatic nitrogens is 2. The predicted molar refractivity (Wildman–Crippen MR) is 136 cm³/mol. The van der Waals surface area contributed by atoms with Gasteiger partial charge < -0.3 is 30.0 Å². The predicted octanol–water partition coefficient (Wildman–Crippen LogP) is 2.20. The van der Waals surface area contributed by atoms with Gasteiger partial charge in [0.15, 0.2) is 0 Å². The lowest BCUT2D eigenvalue weighted by Gasteiger charge is -2.22. The van der Waals surface area contributed by atoms with Gasteiger partial charge >= 0.3 is 5.97 Å². The number of nitrogens with one attached hydrogen (secondary N) is 1. The van der Waals surface area contributed by atoms with Crippen molar-refractivity contribution in [2.45, 2.75) is 38.8 Å². The number of rotatable bonds is 15. The van der Waals surface area contributed by atoms with E-state index in [9.17, 15) is 9.59 Å². The minimum atomic E-state index is -0.768. The molecule has 0 aliphatic rings. The molecule has 1 aromatic heterocycles. The molecule has 0 aliphatic heterocycles. The molecular formula is C23H35Cl2N5O4. The van der Waals surface area contributed by atoms with Crippen molar-refractivity contribution in [3.05, 3.63) is 24.0 Å². The Bertz CT molecular complexity index is 931. The number of nitrogens with zero attached hydrogens (tertiary/aromatic N) is 3. The van der Waals surface area contributed by atoms with Crippen LogP contribution in [0.4, 0.5) is 5.69 Å². The van der Waals surface area contributed by atoms with Crippen LogP contribution in [0.3, 0.4) is 0 Å². The molecule has 2 rings (SSSR count). The molecule has 3 N–H and O–H groups in total. The van der Waals surface area contributed by atoms with Crippen LogP contribution in [0.1, 0.15) is 26.1 Å². The van der Waals surface area contributed by atoms with Crippen LogP contribution < -0.4 is 16.0 Å². The van der Waals surface area contributed by atoms with Crippen LogP contribution >= 0.6 is 23.2 Å². The second-order valence-corrected chi connectivity index (χ2v) is 8.88. The summed E-state index contributed by atoms with van der Waals surface area (Å²) in [4.78, 5) is 30.8. The number of nitrogens with two attached hydrogens (primary N) is 1. The fourth-order valence-corrected chi connectivity index (χ4v) is 3.84. The highest BCUT2D eigenvalue weighted by atomic mass is 35.5. The van der Waals surface area contributed by atoms with E-state index in [2.05, 4.69) is 10.2 Å². The molecule has 0 fully saturated rings. The van der Waals surface area contributed by atoms with Crippen LogP contribution in [0.2, 0.25) is 0 Å². The van der Waals surface area contributed by atoms with Gasteiger partial charge in [-0.05, 0) is 38.5 Å². The molecule has 1 aromatic carbocycles. The number of fused-ring (bicyclic) bond motifs is 1. The van der Waals surface area contributed by atoms with E-state index in [0.29, 0.717) is 44.3 Å². The van der Waals surface area contributed by atoms with E-state index >= 15 is 0 Å². The SMILES string of the molecule is CC(C)OCCOC(=O)CNC(=O)[C@@H](N)CCc1nc2cc(N(CCCl)CCCl)ccc2n1C. The second kappa shape index (κ2) is 14.4. The molecule has 1 heterocycles. The van der Waals surface area contributed by atoms with Crippen LogP contribution in [-0.2, 0) is 32.5 Å². The Hall–Kier alpha value is -2.07. The van der Waals surface area contributed by atoms with Gasteiger partial charge in [0.25, 0.3) is 0 Å². The number of carbonyl (C=O) groups is 2. The molecule has 0 radical (unpaired) electrons. The Labute approximate surface area is 210 Å². The smallest absolute Gasteiger partial charge is 0.325 e. The summed E-state index contributed by atoms with van der Waals surface area (Å²) in [6.45, 7) is 5.41. The Morgan fingerprint density at radius 2 is 1.91 bits per heavy atom. The van der Waals surface area contributed by atoms with Crippen LogP contribution in [0.25, 0.3) is 11.0 Å². The lowest BCUT2D eigenvalue weighted by atomic mass is 10.1. The van der Waals surface area contributed by atoms with Crippen molar-refractivity contribution in [2.75, 3.05) is 49.5 Å². The van der Waals surface area contributed by atoms with Gasteiger partial charge in [0.1, 0.15) is 19.0 Å². The number of hydrogen-bond donors (Lipinski definition) is 2. The largest absolute Gasteiger partial charge is 0.462 e. The lowest BCUT2D eigenvalue weighted by molar-refractivity contribution is -0.145. The van der Waals surface area contributed by atoms with Crippen molar-refractivity contribution in [3.63, 3.8) is 0 Å². The number of carbonyl (C=O) groups excluding carboxylic acids is 2. The normalized spacial score (nSPS) is 12.2. The number of benzene rings is 1. The number of imidazole rings is 1. The third-order valence-corrected chi connectivity index (χ3v) is 5.59. The maximum Gasteiger partial charge on any atom is 0.325 e. The van der Waals surface area contributed by atoms with E-state index < -0.39 is 17.9 Å². The molecule has 9 nitrogen and oxygen atoms in total. The number of hydrogen-bond acceptors (Lipinski definition) is 7. The minimum Gasteiger partial charge on any atom is -0.462 e. The van der Waals surface area contributed by atoms with Gasteiger partial charge in [-0.3, -0.25) is 9.59 Å². The van der Waals surface area contributed by atoms with Gasteiger partial charge in [-0.25, -0.2) is 4.98 Å². The van der Waals surface area contributed by atoms with E-state index in [1.54, 1.807) is 0 Å². The zero-order valence-electron chi connectivity index (χ0n) is 20.1. The Morgan fingerprint density at radius 3 is 2.56 bits per heavy atom. The maximum absolute atomic E-state index is 12.3. The second-order valence-electron chi connectivity index (χ2n) is 8.13. The van der Waals surface area contributed by atoms with Crippen molar-refractivity contribution in [1.82, 2.24) is 14.9 Å². The minimum absolute atomic E-state index is 0.0660. The summed E-state index contributed by atoms with van der Waals surface area (Å²) in [5.74, 6) is 0.894. The first-order valence-electron chi connectivity index (χ1n) is 11.4. The van der Waals surface area contributed by atoms with Crippen molar-refractivity contribution in [2.24, 2.45) is 12.8 Å². The summed E-state index contributed by atoms with van der Waals surface area (Å²) in [5, 5.41) is 2.52. The van der Waals surface area contributed by atoms with Crippen LogP contribution in [0.15, 0.2) is 18.2 Å². The maximum atomic E-state index is 12.3. The van der Waals surface area contributed by atoms with Gasteiger partial charge in [-0.1, -0.05) is 0 Å². The third-order valence-electron chi connectivity index (χ3n) is 5.25. The Balaban J connectivity index is 1.88. The number of alkyl halides is 2. The average molecular weight is 516 g/mol. The molecule has 11 heteroatoms. The zero-order valence-corrected chi connectivity index (χ0v) is 21.6. The molecule has 0 saturated carbocycles. The lowest BCUT2D eigenvalue weighted by Crippen LogP contribution is -2.43. The number of aryl methyl sites for hydroxylation is 2. The third kappa shape index (κ3) is 8.61. The highest BCUT2D eigenvalue weighted by molar-refractivity contribution is 6.18. The molecule has 0 unspecified atom stereocenters. The molecule has 0 saturated heterocycles. The summed E-state index contributed by atoms with van der Waals surface area (Å²) in [6.07, 6.45) is 0.966. The van der Waals surface area contributed by atoms with Crippen molar-refractivity contribution in [3.8, 4) is 0 Å². The monoisotopic (exact) mass is 515 g/mol. The molecule has 2 aromatic rings. The van der Waals surface area contributed by atoms with Gasteiger partial charge in [0.2, 0.25) is 5.91 Å². The highest BCUT2D eigenvalue weighted by Crippen LogP contribution is 2.23. The van der Waals surface area contributed by atoms with Crippen molar-refractivity contribution < 1.29 is 19.1 Å². The average Bonchev–Trinajstić information content (AvgIpc) is 3.13. The first-order valence-corrected chi connectivity index (χ1v) is 12.5. The summed E-state index contributed by atoms with van der Waals surface area (Å²) in [6, 6.07) is 5.29. The van der Waals surface area contributed by atoms with E-state index in [4.69, 9.17) is 43.4 Å². The van der Waals surface area contributed by atoms with Crippen LogP contribution in [0.5, 0.6) is 0 Å². The van der Waals surface area contributed by atoms with E-state index in [-0.39, 0.29) is 19.3 Å². The molecule has 34 heavy (non-hydrogen) atoms. The van der Waals surface area contributed by atoms with Gasteiger partial charge in [0.05, 0.1) is 29.8 Å². The number of halogens is 2. The van der Waals surface area contributed by atoms with E-state index in [0.717, 1.165) is 22.5 Å². The summed E-state index contributed by atoms with van der Waals surface area (Å²) >= 11 is 11.8. The zero-order chi connectivity index (χ0) is 25.1. The van der Waals surface area contributed by atoms with Crippen molar-refractivity contribution >= 4 is 51.8 Å². The highest BCUT2D eigenvalue weighted by Gasteiger charge is 2.17.